The zero-order valence-electron chi connectivity index (χ0n) is 13.3. The van der Waals surface area contributed by atoms with Crippen molar-refractivity contribution in [2.75, 3.05) is 7.11 Å². The number of rotatable bonds is 5. The lowest BCUT2D eigenvalue weighted by Crippen LogP contribution is -2.17. The molecule has 0 heterocycles. The van der Waals surface area contributed by atoms with Crippen molar-refractivity contribution in [2.45, 2.75) is 19.8 Å². The number of nitrogens with zero attached hydrogens (tertiary/aromatic N) is 1. The molecule has 1 amide bonds. The fourth-order valence-electron chi connectivity index (χ4n) is 2.05. The van der Waals surface area contributed by atoms with Crippen LogP contribution in [0.25, 0.3) is 0 Å². The second kappa shape index (κ2) is 7.92. The molecule has 0 saturated heterocycles. The summed E-state index contributed by atoms with van der Waals surface area (Å²) in [6.07, 6.45) is 1.56. The summed E-state index contributed by atoms with van der Waals surface area (Å²) in [5.74, 6) is 0.882. The normalized spacial score (nSPS) is 11.0. The topological polar surface area (TPSA) is 50.7 Å². The number of nitrogens with one attached hydrogen (secondary N) is 1. The van der Waals surface area contributed by atoms with Crippen LogP contribution in [0.4, 0.5) is 0 Å². The molecule has 0 fully saturated rings. The molecular formula is C18H19BrN2O2. The lowest BCUT2D eigenvalue weighted by molar-refractivity contribution is 0.0955. The van der Waals surface area contributed by atoms with Gasteiger partial charge in [0.25, 0.3) is 5.91 Å². The molecule has 4 nitrogen and oxygen atoms in total. The van der Waals surface area contributed by atoms with E-state index in [4.69, 9.17) is 4.74 Å². The molecule has 5 heteroatoms. The molecule has 2 aromatic rings. The predicted molar refractivity (Wildman–Crippen MR) is 96.3 cm³/mol. The minimum atomic E-state index is -0.245. The zero-order valence-corrected chi connectivity index (χ0v) is 14.9. The average molecular weight is 375 g/mol. The smallest absolute Gasteiger partial charge is 0.271 e. The van der Waals surface area contributed by atoms with Crippen LogP contribution in [0.3, 0.4) is 0 Å². The average Bonchev–Trinajstić information content (AvgIpc) is 2.55. The molecule has 0 aliphatic carbocycles. The third-order valence-corrected chi connectivity index (χ3v) is 3.89. The Morgan fingerprint density at radius 2 is 1.91 bits per heavy atom. The van der Waals surface area contributed by atoms with E-state index >= 15 is 0 Å². The fraction of sp³-hybridized carbons (Fsp3) is 0.222. The van der Waals surface area contributed by atoms with Gasteiger partial charge in [-0.05, 0) is 41.8 Å². The molecule has 0 aromatic heterocycles. The first-order valence-electron chi connectivity index (χ1n) is 7.28. The van der Waals surface area contributed by atoms with Gasteiger partial charge in [-0.2, -0.15) is 5.10 Å². The maximum Gasteiger partial charge on any atom is 0.271 e. The highest BCUT2D eigenvalue weighted by atomic mass is 79.9. The molecule has 120 valence electrons. The van der Waals surface area contributed by atoms with Crippen LogP contribution in [-0.4, -0.2) is 19.2 Å². The van der Waals surface area contributed by atoms with Crippen LogP contribution < -0.4 is 10.2 Å². The molecule has 1 N–H and O–H groups in total. The summed E-state index contributed by atoms with van der Waals surface area (Å²) in [5.41, 5.74) is 5.08. The minimum absolute atomic E-state index is 0.245. The number of benzene rings is 2. The molecule has 0 aliphatic heterocycles. The molecule has 0 atom stereocenters. The predicted octanol–water partition coefficient (Wildman–Crippen LogP) is 4.35. The van der Waals surface area contributed by atoms with Gasteiger partial charge in [0.2, 0.25) is 0 Å². The van der Waals surface area contributed by atoms with Crippen molar-refractivity contribution < 1.29 is 9.53 Å². The Morgan fingerprint density at radius 1 is 1.22 bits per heavy atom. The van der Waals surface area contributed by atoms with E-state index in [2.05, 4.69) is 40.3 Å². The van der Waals surface area contributed by atoms with Crippen molar-refractivity contribution in [3.05, 3.63) is 63.6 Å². The second-order valence-corrected chi connectivity index (χ2v) is 6.28. The van der Waals surface area contributed by atoms with Crippen LogP contribution in [0.15, 0.2) is 52.0 Å². The number of carbonyl (C=O) groups is 1. The molecule has 0 bridgehead atoms. The largest absolute Gasteiger partial charge is 0.496 e. The number of amides is 1. The van der Waals surface area contributed by atoms with E-state index in [1.54, 1.807) is 25.5 Å². The molecule has 2 rings (SSSR count). The molecule has 2 aromatic carbocycles. The van der Waals surface area contributed by atoms with Gasteiger partial charge in [-0.1, -0.05) is 41.9 Å². The van der Waals surface area contributed by atoms with Crippen LogP contribution >= 0.6 is 15.9 Å². The summed E-state index contributed by atoms with van der Waals surface area (Å²) in [5, 5.41) is 4.00. The highest BCUT2D eigenvalue weighted by molar-refractivity contribution is 9.10. The van der Waals surface area contributed by atoms with Gasteiger partial charge in [0.05, 0.1) is 13.3 Å². The van der Waals surface area contributed by atoms with Gasteiger partial charge < -0.3 is 4.74 Å². The van der Waals surface area contributed by atoms with E-state index in [1.165, 1.54) is 5.56 Å². The van der Waals surface area contributed by atoms with Gasteiger partial charge in [0.1, 0.15) is 5.75 Å². The number of hydrogen-bond donors (Lipinski definition) is 1. The maximum atomic E-state index is 12.1. The Morgan fingerprint density at radius 3 is 2.52 bits per heavy atom. The van der Waals surface area contributed by atoms with E-state index in [0.29, 0.717) is 17.2 Å². The van der Waals surface area contributed by atoms with Crippen LogP contribution in [0.2, 0.25) is 0 Å². The monoisotopic (exact) mass is 374 g/mol. The SMILES string of the molecule is COc1ccc(Br)cc1/C=N/NC(=O)c1ccc(C(C)C)cc1. The Bertz CT molecular complexity index is 709. The van der Waals surface area contributed by atoms with Gasteiger partial charge >= 0.3 is 0 Å². The summed E-state index contributed by atoms with van der Waals surface area (Å²) in [4.78, 5) is 12.1. The number of hydrazone groups is 1. The summed E-state index contributed by atoms with van der Waals surface area (Å²) in [6, 6.07) is 13.1. The van der Waals surface area contributed by atoms with Crippen molar-refractivity contribution in [3.8, 4) is 5.75 Å². The van der Waals surface area contributed by atoms with Gasteiger partial charge in [-0.25, -0.2) is 5.43 Å². The first-order chi connectivity index (χ1) is 11.0. The summed E-state index contributed by atoms with van der Waals surface area (Å²) in [6.45, 7) is 4.23. The Hall–Kier alpha value is -2.14. The Labute approximate surface area is 144 Å². The molecule has 0 unspecified atom stereocenters. The lowest BCUT2D eigenvalue weighted by atomic mass is 10.0. The standard InChI is InChI=1S/C18H19BrN2O2/c1-12(2)13-4-6-14(7-5-13)18(22)21-20-11-15-10-16(19)8-9-17(15)23-3/h4-12H,1-3H3,(H,21,22)/b20-11+. The Balaban J connectivity index is 2.05. The summed E-state index contributed by atoms with van der Waals surface area (Å²) >= 11 is 3.40. The van der Waals surface area contributed by atoms with Crippen molar-refractivity contribution >= 4 is 28.1 Å². The highest BCUT2D eigenvalue weighted by Crippen LogP contribution is 2.21. The number of carbonyl (C=O) groups excluding carboxylic acids is 1. The van der Waals surface area contributed by atoms with Gasteiger partial charge in [-0.3, -0.25) is 4.79 Å². The van der Waals surface area contributed by atoms with E-state index in [0.717, 1.165) is 10.0 Å². The highest BCUT2D eigenvalue weighted by Gasteiger charge is 2.06. The van der Waals surface area contributed by atoms with Crippen molar-refractivity contribution in [3.63, 3.8) is 0 Å². The van der Waals surface area contributed by atoms with E-state index in [-0.39, 0.29) is 5.91 Å². The summed E-state index contributed by atoms with van der Waals surface area (Å²) in [7, 11) is 1.59. The second-order valence-electron chi connectivity index (χ2n) is 5.36. The number of hydrogen-bond acceptors (Lipinski definition) is 3. The van der Waals surface area contributed by atoms with Crippen LogP contribution in [0.5, 0.6) is 5.75 Å². The first kappa shape index (κ1) is 17.2. The number of halogens is 1. The molecule has 0 saturated carbocycles. The minimum Gasteiger partial charge on any atom is -0.496 e. The molecular weight excluding hydrogens is 356 g/mol. The number of methoxy groups -OCH3 is 1. The van der Waals surface area contributed by atoms with Crippen LogP contribution in [0.1, 0.15) is 41.3 Å². The van der Waals surface area contributed by atoms with Gasteiger partial charge in [-0.15, -0.1) is 0 Å². The lowest BCUT2D eigenvalue weighted by Gasteiger charge is -2.06. The van der Waals surface area contributed by atoms with Crippen LogP contribution in [-0.2, 0) is 0 Å². The molecule has 0 spiro atoms. The van der Waals surface area contributed by atoms with Crippen molar-refractivity contribution in [2.24, 2.45) is 5.10 Å². The van der Waals surface area contributed by atoms with Crippen molar-refractivity contribution in [1.29, 1.82) is 0 Å². The van der Waals surface area contributed by atoms with Crippen molar-refractivity contribution in [1.82, 2.24) is 5.43 Å². The third-order valence-electron chi connectivity index (χ3n) is 3.40. The number of ether oxygens (including phenoxy) is 1. The quantitative estimate of drug-likeness (QED) is 0.624. The summed E-state index contributed by atoms with van der Waals surface area (Å²) < 4.78 is 6.17. The first-order valence-corrected chi connectivity index (χ1v) is 8.07. The van der Waals surface area contributed by atoms with Crippen LogP contribution in [0, 0.1) is 0 Å². The van der Waals surface area contributed by atoms with E-state index in [9.17, 15) is 4.79 Å². The fourth-order valence-corrected chi connectivity index (χ4v) is 2.43. The van der Waals surface area contributed by atoms with E-state index in [1.807, 2.05) is 30.3 Å². The zero-order chi connectivity index (χ0) is 16.8. The van der Waals surface area contributed by atoms with Gasteiger partial charge in [0, 0.05) is 15.6 Å². The molecule has 0 radical (unpaired) electrons. The molecule has 0 aliphatic rings. The Kier molecular flexibility index (Phi) is 5.93. The molecule has 23 heavy (non-hydrogen) atoms. The maximum absolute atomic E-state index is 12.1. The van der Waals surface area contributed by atoms with Gasteiger partial charge in [0.15, 0.2) is 0 Å². The third kappa shape index (κ3) is 4.66. The van der Waals surface area contributed by atoms with E-state index < -0.39 is 0 Å².